The van der Waals surface area contributed by atoms with Gasteiger partial charge in [-0.15, -0.1) is 0 Å². The van der Waals surface area contributed by atoms with Crippen molar-refractivity contribution in [3.05, 3.63) is 42.0 Å². The highest BCUT2D eigenvalue weighted by Crippen LogP contribution is 2.17. The Balaban J connectivity index is 2.46. The monoisotopic (exact) mass is 213 g/mol. The smallest absolute Gasteiger partial charge is 0.165 e. The number of benzene rings is 1. The molecule has 1 aromatic rings. The molecule has 0 bridgehead atoms. The molecule has 1 rings (SSSR count). The number of hydrogen-bond donors (Lipinski definition) is 1. The molecule has 0 fully saturated rings. The Morgan fingerprint density at radius 3 is 2.87 bits per heavy atom. The normalized spacial score (nSPS) is 10.9. The number of nitrogens with one attached hydrogen (secondary N) is 1. The molecule has 0 atom stereocenters. The summed E-state index contributed by atoms with van der Waals surface area (Å²) in [5, 5.41) is 2.91. The van der Waals surface area contributed by atoms with Gasteiger partial charge in [-0.25, -0.2) is 8.78 Å². The van der Waals surface area contributed by atoms with Crippen LogP contribution in [0.1, 0.15) is 0 Å². The lowest BCUT2D eigenvalue weighted by molar-refractivity contribution is 0.338. The van der Waals surface area contributed by atoms with E-state index in [2.05, 4.69) is 5.32 Å². The molecular formula is C11H13F2NO. The summed E-state index contributed by atoms with van der Waals surface area (Å²) in [7, 11) is 1.82. The topological polar surface area (TPSA) is 21.3 Å². The van der Waals surface area contributed by atoms with E-state index in [9.17, 15) is 8.78 Å². The van der Waals surface area contributed by atoms with Crippen LogP contribution in [0.15, 0.2) is 30.4 Å². The SMILES string of the molecule is CNC/C=C/COc1cc(F)ccc1F. The maximum absolute atomic E-state index is 13.0. The molecule has 0 aromatic heterocycles. The van der Waals surface area contributed by atoms with Gasteiger partial charge in [0, 0.05) is 12.6 Å². The Morgan fingerprint density at radius 1 is 1.33 bits per heavy atom. The predicted molar refractivity (Wildman–Crippen MR) is 54.9 cm³/mol. The molecule has 0 aliphatic heterocycles. The third-order valence-electron chi connectivity index (χ3n) is 1.72. The molecule has 0 unspecified atom stereocenters. The molecule has 15 heavy (non-hydrogen) atoms. The lowest BCUT2D eigenvalue weighted by atomic mass is 10.3. The minimum absolute atomic E-state index is 0.0656. The van der Waals surface area contributed by atoms with Crippen molar-refractivity contribution in [3.8, 4) is 5.75 Å². The summed E-state index contributed by atoms with van der Waals surface area (Å²) in [6.45, 7) is 0.942. The molecule has 0 heterocycles. The third-order valence-corrected chi connectivity index (χ3v) is 1.72. The molecule has 0 radical (unpaired) electrons. The lowest BCUT2D eigenvalue weighted by Crippen LogP contribution is -2.05. The molecule has 82 valence electrons. The maximum atomic E-state index is 13.0. The van der Waals surface area contributed by atoms with E-state index in [-0.39, 0.29) is 12.4 Å². The largest absolute Gasteiger partial charge is 0.486 e. The van der Waals surface area contributed by atoms with E-state index in [0.717, 1.165) is 24.7 Å². The number of ether oxygens (including phenoxy) is 1. The van der Waals surface area contributed by atoms with Crippen molar-refractivity contribution in [3.63, 3.8) is 0 Å². The fourth-order valence-corrected chi connectivity index (χ4v) is 0.995. The van der Waals surface area contributed by atoms with Gasteiger partial charge in [0.25, 0.3) is 0 Å². The number of likely N-dealkylation sites (N-methyl/N-ethyl adjacent to an activating group) is 1. The van der Waals surface area contributed by atoms with E-state index in [1.54, 1.807) is 6.08 Å². The van der Waals surface area contributed by atoms with Crippen LogP contribution in [0, 0.1) is 11.6 Å². The molecule has 0 aliphatic carbocycles. The van der Waals surface area contributed by atoms with Crippen molar-refractivity contribution < 1.29 is 13.5 Å². The number of rotatable bonds is 5. The summed E-state index contributed by atoms with van der Waals surface area (Å²) < 4.78 is 30.8. The molecular weight excluding hydrogens is 200 g/mol. The van der Waals surface area contributed by atoms with E-state index < -0.39 is 11.6 Å². The minimum Gasteiger partial charge on any atom is -0.486 e. The second kappa shape index (κ2) is 6.14. The first kappa shape index (κ1) is 11.7. The van der Waals surface area contributed by atoms with Crippen LogP contribution in [0.25, 0.3) is 0 Å². The van der Waals surface area contributed by atoms with Gasteiger partial charge in [0.15, 0.2) is 11.6 Å². The third kappa shape index (κ3) is 4.08. The van der Waals surface area contributed by atoms with Crippen molar-refractivity contribution in [1.82, 2.24) is 5.32 Å². The van der Waals surface area contributed by atoms with Crippen LogP contribution >= 0.6 is 0 Å². The Morgan fingerprint density at radius 2 is 2.13 bits per heavy atom. The van der Waals surface area contributed by atoms with Gasteiger partial charge < -0.3 is 10.1 Å². The van der Waals surface area contributed by atoms with Gasteiger partial charge in [-0.1, -0.05) is 12.2 Å². The van der Waals surface area contributed by atoms with Crippen LogP contribution in [0.4, 0.5) is 8.78 Å². The second-order valence-corrected chi connectivity index (χ2v) is 2.91. The standard InChI is InChI=1S/C11H13F2NO/c1-14-6-2-3-7-15-11-8-9(12)4-5-10(11)13/h2-5,8,14H,6-7H2,1H3/b3-2+. The number of hydrogen-bond acceptors (Lipinski definition) is 2. The van der Waals surface area contributed by atoms with Crippen LogP contribution in [-0.4, -0.2) is 20.2 Å². The fourth-order valence-electron chi connectivity index (χ4n) is 0.995. The first-order valence-corrected chi connectivity index (χ1v) is 4.61. The first-order chi connectivity index (χ1) is 7.24. The van der Waals surface area contributed by atoms with Gasteiger partial charge in [-0.05, 0) is 19.2 Å². The van der Waals surface area contributed by atoms with Crippen molar-refractivity contribution in [2.24, 2.45) is 0 Å². The highest BCUT2D eigenvalue weighted by atomic mass is 19.1. The van der Waals surface area contributed by atoms with E-state index in [1.165, 1.54) is 0 Å². The zero-order valence-electron chi connectivity index (χ0n) is 8.47. The predicted octanol–water partition coefficient (Wildman–Crippen LogP) is 2.12. The van der Waals surface area contributed by atoms with E-state index in [4.69, 9.17) is 4.74 Å². The van der Waals surface area contributed by atoms with E-state index in [1.807, 2.05) is 13.1 Å². The van der Waals surface area contributed by atoms with Gasteiger partial charge >= 0.3 is 0 Å². The Kier molecular flexibility index (Phi) is 4.77. The molecule has 0 spiro atoms. The zero-order valence-corrected chi connectivity index (χ0v) is 8.47. The maximum Gasteiger partial charge on any atom is 0.165 e. The molecule has 4 heteroatoms. The quantitative estimate of drug-likeness (QED) is 0.756. The van der Waals surface area contributed by atoms with Crippen molar-refractivity contribution in [2.45, 2.75) is 0 Å². The summed E-state index contributed by atoms with van der Waals surface area (Å²) in [5.74, 6) is -1.13. The van der Waals surface area contributed by atoms with Gasteiger partial charge in [0.05, 0.1) is 0 Å². The summed E-state index contributed by atoms with van der Waals surface area (Å²) in [6.07, 6.45) is 3.58. The van der Waals surface area contributed by atoms with E-state index >= 15 is 0 Å². The van der Waals surface area contributed by atoms with Crippen molar-refractivity contribution in [2.75, 3.05) is 20.2 Å². The average molecular weight is 213 g/mol. The second-order valence-electron chi connectivity index (χ2n) is 2.91. The Labute approximate surface area is 87.6 Å². The van der Waals surface area contributed by atoms with Crippen molar-refractivity contribution in [1.29, 1.82) is 0 Å². The van der Waals surface area contributed by atoms with Crippen LogP contribution in [0.5, 0.6) is 5.75 Å². The molecule has 0 amide bonds. The molecule has 2 nitrogen and oxygen atoms in total. The highest BCUT2D eigenvalue weighted by Gasteiger charge is 2.03. The van der Waals surface area contributed by atoms with Gasteiger partial charge in [0.2, 0.25) is 0 Å². The molecule has 1 N–H and O–H groups in total. The van der Waals surface area contributed by atoms with Crippen LogP contribution < -0.4 is 10.1 Å². The summed E-state index contributed by atoms with van der Waals surface area (Å²) in [4.78, 5) is 0. The van der Waals surface area contributed by atoms with Gasteiger partial charge in [0.1, 0.15) is 12.4 Å². The summed E-state index contributed by atoms with van der Waals surface area (Å²) in [5.41, 5.74) is 0. The van der Waals surface area contributed by atoms with Crippen LogP contribution in [0.2, 0.25) is 0 Å². The molecule has 0 aliphatic rings. The molecule has 1 aromatic carbocycles. The summed E-state index contributed by atoms with van der Waals surface area (Å²) in [6, 6.07) is 3.13. The van der Waals surface area contributed by atoms with Gasteiger partial charge in [-0.2, -0.15) is 0 Å². The Bertz CT molecular complexity index is 339. The Hall–Kier alpha value is -1.42. The van der Waals surface area contributed by atoms with Gasteiger partial charge in [-0.3, -0.25) is 0 Å². The average Bonchev–Trinajstić information content (AvgIpc) is 2.23. The minimum atomic E-state index is -0.557. The fraction of sp³-hybridized carbons (Fsp3) is 0.273. The van der Waals surface area contributed by atoms with Crippen molar-refractivity contribution >= 4 is 0 Å². The molecule has 0 saturated heterocycles. The lowest BCUT2D eigenvalue weighted by Gasteiger charge is -2.04. The first-order valence-electron chi connectivity index (χ1n) is 4.61. The van der Waals surface area contributed by atoms with Crippen LogP contribution in [0.3, 0.4) is 0 Å². The number of halogens is 2. The highest BCUT2D eigenvalue weighted by molar-refractivity contribution is 5.25. The van der Waals surface area contributed by atoms with E-state index in [0.29, 0.717) is 0 Å². The molecule has 0 saturated carbocycles. The zero-order chi connectivity index (χ0) is 11.1. The summed E-state index contributed by atoms with van der Waals surface area (Å²) >= 11 is 0. The van der Waals surface area contributed by atoms with Crippen LogP contribution in [-0.2, 0) is 0 Å².